The zero-order chi connectivity index (χ0) is 14.8. The van der Waals surface area contributed by atoms with Crippen molar-refractivity contribution in [1.29, 1.82) is 0 Å². The van der Waals surface area contributed by atoms with Crippen molar-refractivity contribution in [3.63, 3.8) is 0 Å². The summed E-state index contributed by atoms with van der Waals surface area (Å²) in [4.78, 5) is 0. The molecule has 21 heavy (non-hydrogen) atoms. The zero-order valence-electron chi connectivity index (χ0n) is 13.5. The summed E-state index contributed by atoms with van der Waals surface area (Å²) >= 11 is 0. The Kier molecular flexibility index (Phi) is 4.71. The first kappa shape index (κ1) is 15.1. The Morgan fingerprint density at radius 3 is 2.62 bits per heavy atom. The summed E-state index contributed by atoms with van der Waals surface area (Å²) in [5.41, 5.74) is 2.91. The molecule has 0 aromatic rings. The van der Waals surface area contributed by atoms with Crippen LogP contribution in [0.2, 0.25) is 0 Å². The minimum atomic E-state index is -0.628. The van der Waals surface area contributed by atoms with E-state index in [9.17, 15) is 4.39 Å². The number of allylic oxidation sites excluding steroid dienone is 4. The highest BCUT2D eigenvalue weighted by Crippen LogP contribution is 2.51. The average molecular weight is 292 g/mol. The molecule has 0 amide bonds. The minimum absolute atomic E-state index is 0.604. The number of alkyl halides is 1. The van der Waals surface area contributed by atoms with Crippen LogP contribution in [0.15, 0.2) is 23.0 Å². The predicted octanol–water partition coefficient (Wildman–Crippen LogP) is 5.57. The van der Waals surface area contributed by atoms with E-state index in [2.05, 4.69) is 19.9 Å². The van der Waals surface area contributed by atoms with Crippen molar-refractivity contribution in [2.45, 2.75) is 71.4 Å². The van der Waals surface area contributed by atoms with Crippen molar-refractivity contribution in [1.82, 2.24) is 0 Å². The molecule has 118 valence electrons. The van der Waals surface area contributed by atoms with Crippen molar-refractivity contribution >= 4 is 0 Å². The van der Waals surface area contributed by atoms with E-state index in [0.29, 0.717) is 18.8 Å². The van der Waals surface area contributed by atoms with Crippen molar-refractivity contribution in [2.24, 2.45) is 17.8 Å². The van der Waals surface area contributed by atoms with E-state index >= 15 is 0 Å². The summed E-state index contributed by atoms with van der Waals surface area (Å²) in [6, 6.07) is 0. The van der Waals surface area contributed by atoms with Crippen LogP contribution in [0.1, 0.15) is 65.2 Å². The second-order valence-corrected chi connectivity index (χ2v) is 7.03. The number of hydrogen-bond acceptors (Lipinski definition) is 1. The molecule has 0 saturated heterocycles. The molecular weight excluding hydrogens is 263 g/mol. The number of rotatable bonds is 5. The van der Waals surface area contributed by atoms with E-state index in [1.807, 2.05) is 0 Å². The standard InChI is InChI=1S/C19H29FO/c1-3-13-11-17(14-5-6-14)19(18(12-13)21-4-2)15-7-9-16(20)10-8-15/h7,13-14,16-17H,3-6,8-12H2,1-2H3/t13-,16+,17-/m1/s1. The smallest absolute Gasteiger partial charge is 0.104 e. The Morgan fingerprint density at radius 1 is 1.24 bits per heavy atom. The lowest BCUT2D eigenvalue weighted by Gasteiger charge is -2.35. The molecular formula is C19H29FO. The Hall–Kier alpha value is -0.790. The van der Waals surface area contributed by atoms with E-state index in [0.717, 1.165) is 31.3 Å². The molecule has 0 bridgehead atoms. The number of hydrogen-bond donors (Lipinski definition) is 0. The Bertz CT molecular complexity index is 433. The summed E-state index contributed by atoms with van der Waals surface area (Å²) in [5, 5.41) is 0. The van der Waals surface area contributed by atoms with Crippen LogP contribution in [-0.2, 0) is 4.74 Å². The van der Waals surface area contributed by atoms with E-state index in [1.54, 1.807) is 0 Å². The summed E-state index contributed by atoms with van der Waals surface area (Å²) in [6.07, 6.45) is 10.2. The van der Waals surface area contributed by atoms with E-state index in [-0.39, 0.29) is 0 Å². The molecule has 0 radical (unpaired) electrons. The maximum absolute atomic E-state index is 13.5. The van der Waals surface area contributed by atoms with E-state index < -0.39 is 6.17 Å². The lowest BCUT2D eigenvalue weighted by molar-refractivity contribution is 0.173. The van der Waals surface area contributed by atoms with Gasteiger partial charge in [-0.15, -0.1) is 0 Å². The molecule has 1 nitrogen and oxygen atoms in total. The first-order valence-corrected chi connectivity index (χ1v) is 8.92. The third-order valence-corrected chi connectivity index (χ3v) is 5.51. The molecule has 3 aliphatic rings. The fourth-order valence-electron chi connectivity index (χ4n) is 4.15. The molecule has 0 aromatic carbocycles. The van der Waals surface area contributed by atoms with E-state index in [4.69, 9.17) is 4.74 Å². The van der Waals surface area contributed by atoms with Crippen molar-refractivity contribution in [2.75, 3.05) is 6.61 Å². The zero-order valence-corrected chi connectivity index (χ0v) is 13.5. The lowest BCUT2D eigenvalue weighted by atomic mass is 9.72. The first-order valence-electron chi connectivity index (χ1n) is 8.92. The van der Waals surface area contributed by atoms with Crippen LogP contribution < -0.4 is 0 Å². The van der Waals surface area contributed by atoms with Gasteiger partial charge in [-0.25, -0.2) is 4.39 Å². The van der Waals surface area contributed by atoms with Gasteiger partial charge >= 0.3 is 0 Å². The van der Waals surface area contributed by atoms with Crippen LogP contribution in [0.4, 0.5) is 4.39 Å². The molecule has 0 aromatic heterocycles. The lowest BCUT2D eigenvalue weighted by Crippen LogP contribution is -2.24. The summed E-state index contributed by atoms with van der Waals surface area (Å²) in [7, 11) is 0. The molecule has 0 aliphatic heterocycles. The van der Waals surface area contributed by atoms with Gasteiger partial charge in [0.05, 0.1) is 12.4 Å². The van der Waals surface area contributed by atoms with E-state index in [1.165, 1.54) is 42.6 Å². The second kappa shape index (κ2) is 6.54. The van der Waals surface area contributed by atoms with Gasteiger partial charge in [0, 0.05) is 6.42 Å². The molecule has 0 heterocycles. The topological polar surface area (TPSA) is 9.23 Å². The van der Waals surface area contributed by atoms with Crippen molar-refractivity contribution in [3.8, 4) is 0 Å². The third-order valence-electron chi connectivity index (χ3n) is 5.51. The quantitative estimate of drug-likeness (QED) is 0.643. The van der Waals surface area contributed by atoms with Gasteiger partial charge in [-0.3, -0.25) is 0 Å². The van der Waals surface area contributed by atoms with Crippen LogP contribution in [-0.4, -0.2) is 12.8 Å². The molecule has 2 heteroatoms. The largest absolute Gasteiger partial charge is 0.498 e. The van der Waals surface area contributed by atoms with Gasteiger partial charge in [0.15, 0.2) is 0 Å². The highest BCUT2D eigenvalue weighted by atomic mass is 19.1. The second-order valence-electron chi connectivity index (χ2n) is 7.03. The molecule has 3 aliphatic carbocycles. The molecule has 0 spiro atoms. The first-order chi connectivity index (χ1) is 10.2. The van der Waals surface area contributed by atoms with Crippen LogP contribution in [0.25, 0.3) is 0 Å². The van der Waals surface area contributed by atoms with Gasteiger partial charge < -0.3 is 4.74 Å². The predicted molar refractivity (Wildman–Crippen MR) is 84.7 cm³/mol. The highest BCUT2D eigenvalue weighted by Gasteiger charge is 2.40. The maximum atomic E-state index is 13.5. The Morgan fingerprint density at radius 2 is 2.05 bits per heavy atom. The van der Waals surface area contributed by atoms with Gasteiger partial charge in [-0.1, -0.05) is 19.4 Å². The highest BCUT2D eigenvalue weighted by molar-refractivity contribution is 5.39. The number of halogens is 1. The average Bonchev–Trinajstić information content (AvgIpc) is 3.32. The van der Waals surface area contributed by atoms with Crippen LogP contribution in [0, 0.1) is 17.8 Å². The molecule has 1 fully saturated rings. The minimum Gasteiger partial charge on any atom is -0.498 e. The molecule has 0 N–H and O–H groups in total. The van der Waals surface area contributed by atoms with Crippen LogP contribution in [0.5, 0.6) is 0 Å². The fraction of sp³-hybridized carbons (Fsp3) is 0.789. The maximum Gasteiger partial charge on any atom is 0.104 e. The Balaban J connectivity index is 1.92. The Labute approximate surface area is 128 Å². The van der Waals surface area contributed by atoms with Gasteiger partial charge in [0.25, 0.3) is 0 Å². The van der Waals surface area contributed by atoms with Crippen LogP contribution in [0.3, 0.4) is 0 Å². The van der Waals surface area contributed by atoms with Gasteiger partial charge in [0.1, 0.15) is 6.17 Å². The molecule has 3 atom stereocenters. The van der Waals surface area contributed by atoms with Gasteiger partial charge in [-0.05, 0) is 74.3 Å². The fourth-order valence-corrected chi connectivity index (χ4v) is 4.15. The normalized spacial score (nSPS) is 33.9. The monoisotopic (exact) mass is 292 g/mol. The summed E-state index contributed by atoms with van der Waals surface area (Å²) in [6.45, 7) is 5.14. The van der Waals surface area contributed by atoms with Crippen molar-refractivity contribution < 1.29 is 9.13 Å². The molecule has 3 rings (SSSR count). The van der Waals surface area contributed by atoms with Crippen LogP contribution >= 0.6 is 0 Å². The van der Waals surface area contributed by atoms with Gasteiger partial charge in [0.2, 0.25) is 0 Å². The summed E-state index contributed by atoms with van der Waals surface area (Å²) in [5.74, 6) is 3.58. The van der Waals surface area contributed by atoms with Gasteiger partial charge in [-0.2, -0.15) is 0 Å². The molecule has 0 unspecified atom stereocenters. The van der Waals surface area contributed by atoms with Crippen molar-refractivity contribution in [3.05, 3.63) is 23.0 Å². The summed E-state index contributed by atoms with van der Waals surface area (Å²) < 4.78 is 19.5. The SMILES string of the molecule is CCOC1=C(C2=CC[C@H](F)CC2)[C@@H](C2CC2)C[C@@H](CC)C1. The third kappa shape index (κ3) is 3.35. The number of ether oxygens (including phenoxy) is 1. The molecule has 1 saturated carbocycles.